The van der Waals surface area contributed by atoms with Crippen molar-refractivity contribution in [3.05, 3.63) is 48.0 Å². The maximum absolute atomic E-state index is 13.0. The second-order valence-electron chi connectivity index (χ2n) is 3.33. The number of benzene rings is 2. The Morgan fingerprint density at radius 3 is 2.25 bits per heavy atom. The van der Waals surface area contributed by atoms with E-state index in [0.29, 0.717) is 5.56 Å². The van der Waals surface area contributed by atoms with Crippen LogP contribution in [0, 0.1) is 11.6 Å². The van der Waals surface area contributed by atoms with Gasteiger partial charge < -0.3 is 10.2 Å². The van der Waals surface area contributed by atoms with Gasteiger partial charge in [-0.25, -0.2) is 8.78 Å². The molecule has 82 valence electrons. The quantitative estimate of drug-likeness (QED) is 0.728. The summed E-state index contributed by atoms with van der Waals surface area (Å²) < 4.78 is 25.7. The topological polar surface area (TPSA) is 40.5 Å². The highest BCUT2D eigenvalue weighted by atomic mass is 19.2. The first-order valence-corrected chi connectivity index (χ1v) is 4.55. The van der Waals surface area contributed by atoms with E-state index in [1.165, 1.54) is 24.3 Å². The van der Waals surface area contributed by atoms with Gasteiger partial charge in [-0.3, -0.25) is 0 Å². The molecule has 0 bridgehead atoms. The summed E-state index contributed by atoms with van der Waals surface area (Å²) in [5.74, 6) is -2.12. The second kappa shape index (κ2) is 3.81. The number of phenolic OH excluding ortho intramolecular Hbond substituents is 2. The summed E-state index contributed by atoms with van der Waals surface area (Å²) in [7, 11) is 0. The lowest BCUT2D eigenvalue weighted by Gasteiger charge is -2.05. The predicted octanol–water partition coefficient (Wildman–Crippen LogP) is 3.04. The van der Waals surface area contributed by atoms with E-state index in [1.807, 2.05) is 0 Å². The molecule has 2 nitrogen and oxygen atoms in total. The molecule has 0 spiro atoms. The van der Waals surface area contributed by atoms with Crippen molar-refractivity contribution in [1.29, 1.82) is 0 Å². The van der Waals surface area contributed by atoms with Crippen molar-refractivity contribution < 1.29 is 19.0 Å². The molecule has 2 aromatic carbocycles. The fraction of sp³-hybridized carbons (Fsp3) is 0. The van der Waals surface area contributed by atoms with E-state index in [2.05, 4.69) is 0 Å². The molecule has 2 rings (SSSR count). The summed E-state index contributed by atoms with van der Waals surface area (Å²) in [6, 6.07) is 7.12. The van der Waals surface area contributed by atoms with Gasteiger partial charge in [0.15, 0.2) is 11.6 Å². The first kappa shape index (κ1) is 10.4. The standard InChI is InChI=1S/C12H8F2O2/c13-10-3-1-7(5-11(10)14)9-6-8(15)2-4-12(9)16/h1-6,15-16H. The van der Waals surface area contributed by atoms with E-state index in [0.717, 1.165) is 12.1 Å². The highest BCUT2D eigenvalue weighted by Gasteiger charge is 2.08. The zero-order chi connectivity index (χ0) is 11.7. The van der Waals surface area contributed by atoms with Crippen LogP contribution in [0.1, 0.15) is 0 Å². The molecule has 0 amide bonds. The van der Waals surface area contributed by atoms with Crippen LogP contribution in [0.2, 0.25) is 0 Å². The molecular weight excluding hydrogens is 214 g/mol. The maximum atomic E-state index is 13.0. The van der Waals surface area contributed by atoms with Gasteiger partial charge in [0.1, 0.15) is 11.5 Å². The van der Waals surface area contributed by atoms with Crippen LogP contribution >= 0.6 is 0 Å². The minimum atomic E-state index is -1.000. The Bertz CT molecular complexity index is 539. The molecule has 0 saturated heterocycles. The van der Waals surface area contributed by atoms with E-state index < -0.39 is 11.6 Å². The Morgan fingerprint density at radius 2 is 1.56 bits per heavy atom. The van der Waals surface area contributed by atoms with Crippen molar-refractivity contribution in [2.75, 3.05) is 0 Å². The zero-order valence-corrected chi connectivity index (χ0v) is 8.11. The molecule has 4 heteroatoms. The molecule has 2 aromatic rings. The Hall–Kier alpha value is -2.10. The van der Waals surface area contributed by atoms with Crippen molar-refractivity contribution >= 4 is 0 Å². The van der Waals surface area contributed by atoms with Gasteiger partial charge >= 0.3 is 0 Å². The van der Waals surface area contributed by atoms with Crippen molar-refractivity contribution in [1.82, 2.24) is 0 Å². The monoisotopic (exact) mass is 222 g/mol. The van der Waals surface area contributed by atoms with Gasteiger partial charge in [-0.2, -0.15) is 0 Å². The Balaban J connectivity index is 2.58. The first-order chi connectivity index (χ1) is 7.58. The third kappa shape index (κ3) is 1.82. The van der Waals surface area contributed by atoms with Gasteiger partial charge in [-0.05, 0) is 35.9 Å². The smallest absolute Gasteiger partial charge is 0.159 e. The molecule has 0 aliphatic rings. The second-order valence-corrected chi connectivity index (χ2v) is 3.33. The Kier molecular flexibility index (Phi) is 2.48. The van der Waals surface area contributed by atoms with Gasteiger partial charge in [0, 0.05) is 5.56 Å². The lowest BCUT2D eigenvalue weighted by Crippen LogP contribution is -1.85. The van der Waals surface area contributed by atoms with Gasteiger partial charge in [-0.15, -0.1) is 0 Å². The van der Waals surface area contributed by atoms with E-state index in [9.17, 15) is 19.0 Å². The molecule has 0 saturated carbocycles. The third-order valence-corrected chi connectivity index (χ3v) is 2.21. The molecule has 0 radical (unpaired) electrons. The molecule has 0 atom stereocenters. The third-order valence-electron chi connectivity index (χ3n) is 2.21. The number of phenols is 2. The van der Waals surface area contributed by atoms with Crippen molar-refractivity contribution in [2.45, 2.75) is 0 Å². The average molecular weight is 222 g/mol. The number of rotatable bonds is 1. The molecule has 0 fully saturated rings. The van der Waals surface area contributed by atoms with E-state index >= 15 is 0 Å². The molecule has 0 aromatic heterocycles. The van der Waals surface area contributed by atoms with Gasteiger partial charge in [0.05, 0.1) is 0 Å². The van der Waals surface area contributed by atoms with Crippen LogP contribution in [0.4, 0.5) is 8.78 Å². The van der Waals surface area contributed by atoms with Crippen LogP contribution < -0.4 is 0 Å². The normalized spacial score (nSPS) is 10.4. The SMILES string of the molecule is Oc1ccc(O)c(-c2ccc(F)c(F)c2)c1. The zero-order valence-electron chi connectivity index (χ0n) is 8.11. The molecule has 0 unspecified atom stereocenters. The lowest BCUT2D eigenvalue weighted by atomic mass is 10.0. The predicted molar refractivity (Wildman–Crippen MR) is 55.1 cm³/mol. The van der Waals surface area contributed by atoms with E-state index in [4.69, 9.17) is 0 Å². The van der Waals surface area contributed by atoms with Crippen LogP contribution in [0.25, 0.3) is 11.1 Å². The van der Waals surface area contributed by atoms with Crippen LogP contribution in [0.3, 0.4) is 0 Å². The first-order valence-electron chi connectivity index (χ1n) is 4.55. The van der Waals surface area contributed by atoms with Crippen LogP contribution in [-0.4, -0.2) is 10.2 Å². The number of hydrogen-bond donors (Lipinski definition) is 2. The highest BCUT2D eigenvalue weighted by Crippen LogP contribution is 2.32. The molecule has 16 heavy (non-hydrogen) atoms. The van der Waals surface area contributed by atoms with Gasteiger partial charge in [-0.1, -0.05) is 6.07 Å². The summed E-state index contributed by atoms with van der Waals surface area (Å²) >= 11 is 0. The molecule has 2 N–H and O–H groups in total. The summed E-state index contributed by atoms with van der Waals surface area (Å²) in [4.78, 5) is 0. The fourth-order valence-corrected chi connectivity index (χ4v) is 1.42. The summed E-state index contributed by atoms with van der Waals surface area (Å²) in [5.41, 5.74) is 0.547. The van der Waals surface area contributed by atoms with Crippen molar-refractivity contribution in [2.24, 2.45) is 0 Å². The average Bonchev–Trinajstić information content (AvgIpc) is 2.26. The van der Waals surface area contributed by atoms with E-state index in [-0.39, 0.29) is 17.1 Å². The molecule has 0 aliphatic heterocycles. The number of halogens is 2. The number of hydrogen-bond acceptors (Lipinski definition) is 2. The van der Waals surface area contributed by atoms with E-state index in [1.54, 1.807) is 0 Å². The minimum absolute atomic E-state index is 0.0578. The van der Waals surface area contributed by atoms with Crippen molar-refractivity contribution in [3.8, 4) is 22.6 Å². The van der Waals surface area contributed by atoms with Crippen LogP contribution in [0.5, 0.6) is 11.5 Å². The fourth-order valence-electron chi connectivity index (χ4n) is 1.42. The maximum Gasteiger partial charge on any atom is 0.159 e. The summed E-state index contributed by atoms with van der Waals surface area (Å²) in [6.45, 7) is 0. The Labute approximate surface area is 90.4 Å². The molecule has 0 aliphatic carbocycles. The van der Waals surface area contributed by atoms with Gasteiger partial charge in [0.25, 0.3) is 0 Å². The van der Waals surface area contributed by atoms with Crippen LogP contribution in [-0.2, 0) is 0 Å². The highest BCUT2D eigenvalue weighted by molar-refractivity contribution is 5.71. The minimum Gasteiger partial charge on any atom is -0.508 e. The summed E-state index contributed by atoms with van der Waals surface area (Å²) in [6.07, 6.45) is 0. The largest absolute Gasteiger partial charge is 0.508 e. The lowest BCUT2D eigenvalue weighted by molar-refractivity contribution is 0.461. The molecular formula is C12H8F2O2. The number of aromatic hydroxyl groups is 2. The Morgan fingerprint density at radius 1 is 0.812 bits per heavy atom. The van der Waals surface area contributed by atoms with Crippen molar-refractivity contribution in [3.63, 3.8) is 0 Å². The molecule has 0 heterocycles. The summed E-state index contributed by atoms with van der Waals surface area (Å²) in [5, 5.41) is 18.8. The van der Waals surface area contributed by atoms with Gasteiger partial charge in [0.2, 0.25) is 0 Å². The van der Waals surface area contributed by atoms with Crippen LogP contribution in [0.15, 0.2) is 36.4 Å².